The van der Waals surface area contributed by atoms with Crippen molar-refractivity contribution >= 4 is 27.2 Å². The van der Waals surface area contributed by atoms with Gasteiger partial charge in [-0.25, -0.2) is 8.42 Å². The van der Waals surface area contributed by atoms with Crippen LogP contribution < -0.4 is 5.73 Å². The molecule has 0 aromatic heterocycles. The molecule has 4 nitrogen and oxygen atoms in total. The zero-order valence-electron chi connectivity index (χ0n) is 9.30. The molecule has 0 spiro atoms. The van der Waals surface area contributed by atoms with Crippen LogP contribution in [-0.2, 0) is 16.6 Å². The van der Waals surface area contributed by atoms with Crippen molar-refractivity contribution in [3.05, 3.63) is 35.4 Å². The summed E-state index contributed by atoms with van der Waals surface area (Å²) in [4.78, 5) is 0.330. The summed E-state index contributed by atoms with van der Waals surface area (Å²) in [6, 6.07) is 7.39. The molecule has 0 atom stereocenters. The fraction of sp³-hybridized carbons (Fsp3) is 0.364. The first kappa shape index (κ1) is 12.5. The quantitative estimate of drug-likeness (QED) is 0.827. The topological polar surface area (TPSA) is 63.4 Å². The van der Waals surface area contributed by atoms with Crippen LogP contribution >= 0.6 is 12.2 Å². The van der Waals surface area contributed by atoms with Crippen LogP contribution in [0.15, 0.2) is 24.3 Å². The van der Waals surface area contributed by atoms with Gasteiger partial charge in [-0.2, -0.15) is 4.31 Å². The van der Waals surface area contributed by atoms with Crippen LogP contribution in [0.25, 0.3) is 0 Å². The summed E-state index contributed by atoms with van der Waals surface area (Å²) in [7, 11) is -3.05. The van der Waals surface area contributed by atoms with E-state index in [1.54, 1.807) is 0 Å². The number of nitrogens with zero attached hydrogens (tertiary/aromatic N) is 1. The third-order valence-electron chi connectivity index (χ3n) is 2.77. The molecule has 0 amide bonds. The second-order valence-corrected chi connectivity index (χ2v) is 6.60. The molecular formula is C11H14N2O2S2. The van der Waals surface area contributed by atoms with Crippen molar-refractivity contribution in [3.8, 4) is 0 Å². The molecule has 2 rings (SSSR count). The lowest BCUT2D eigenvalue weighted by atomic mass is 10.1. The molecule has 1 heterocycles. The smallest absolute Gasteiger partial charge is 0.214 e. The van der Waals surface area contributed by atoms with Gasteiger partial charge in [0.1, 0.15) is 4.99 Å². The van der Waals surface area contributed by atoms with Crippen LogP contribution in [0, 0.1) is 0 Å². The predicted octanol–water partition coefficient (Wildman–Crippen LogP) is 0.856. The number of benzene rings is 1. The molecule has 0 bridgehead atoms. The van der Waals surface area contributed by atoms with Gasteiger partial charge in [0.05, 0.1) is 5.75 Å². The van der Waals surface area contributed by atoms with E-state index in [-0.39, 0.29) is 5.75 Å². The summed E-state index contributed by atoms with van der Waals surface area (Å²) in [5.74, 6) is 0.252. The maximum Gasteiger partial charge on any atom is 0.214 e. The lowest BCUT2D eigenvalue weighted by molar-refractivity contribution is 0.440. The monoisotopic (exact) mass is 270 g/mol. The molecule has 17 heavy (non-hydrogen) atoms. The summed E-state index contributed by atoms with van der Waals surface area (Å²) >= 11 is 4.90. The number of nitrogens with two attached hydrogens (primary N) is 1. The summed E-state index contributed by atoms with van der Waals surface area (Å²) < 4.78 is 24.8. The third kappa shape index (κ3) is 2.83. The summed E-state index contributed by atoms with van der Waals surface area (Å²) in [6.45, 7) is 0.998. The van der Waals surface area contributed by atoms with Crippen molar-refractivity contribution in [3.63, 3.8) is 0 Å². The molecule has 0 aliphatic carbocycles. The second-order valence-electron chi connectivity index (χ2n) is 4.07. The molecule has 92 valence electrons. The Balaban J connectivity index is 2.19. The van der Waals surface area contributed by atoms with Crippen molar-refractivity contribution in [1.82, 2.24) is 4.31 Å². The van der Waals surface area contributed by atoms with E-state index in [0.29, 0.717) is 24.5 Å². The van der Waals surface area contributed by atoms with Gasteiger partial charge in [0.2, 0.25) is 10.0 Å². The zero-order chi connectivity index (χ0) is 12.5. The van der Waals surface area contributed by atoms with Crippen molar-refractivity contribution < 1.29 is 8.42 Å². The van der Waals surface area contributed by atoms with Crippen molar-refractivity contribution in [1.29, 1.82) is 0 Å². The van der Waals surface area contributed by atoms with Crippen LogP contribution in [0.4, 0.5) is 0 Å². The Morgan fingerprint density at radius 1 is 1.47 bits per heavy atom. The van der Waals surface area contributed by atoms with Gasteiger partial charge in [-0.05, 0) is 18.1 Å². The molecule has 1 saturated heterocycles. The highest BCUT2D eigenvalue weighted by Gasteiger charge is 2.27. The lowest BCUT2D eigenvalue weighted by Crippen LogP contribution is -2.25. The van der Waals surface area contributed by atoms with E-state index < -0.39 is 10.0 Å². The summed E-state index contributed by atoms with van der Waals surface area (Å²) in [5.41, 5.74) is 7.23. The van der Waals surface area contributed by atoms with Crippen molar-refractivity contribution in [2.45, 2.75) is 13.0 Å². The van der Waals surface area contributed by atoms with E-state index in [2.05, 4.69) is 0 Å². The molecule has 1 aromatic carbocycles. The Kier molecular flexibility index (Phi) is 3.46. The van der Waals surface area contributed by atoms with Gasteiger partial charge >= 0.3 is 0 Å². The molecule has 0 saturated carbocycles. The van der Waals surface area contributed by atoms with E-state index in [0.717, 1.165) is 11.1 Å². The Hall–Kier alpha value is -0.980. The fourth-order valence-corrected chi connectivity index (χ4v) is 3.53. The average molecular weight is 270 g/mol. The molecule has 1 aromatic rings. The number of rotatable bonds is 3. The molecule has 1 fully saturated rings. The van der Waals surface area contributed by atoms with Gasteiger partial charge in [0.15, 0.2) is 0 Å². The average Bonchev–Trinajstić information content (AvgIpc) is 2.59. The van der Waals surface area contributed by atoms with E-state index in [4.69, 9.17) is 18.0 Å². The maximum absolute atomic E-state index is 11.7. The van der Waals surface area contributed by atoms with E-state index >= 15 is 0 Å². The summed E-state index contributed by atoms with van der Waals surface area (Å²) in [5, 5.41) is 0. The highest BCUT2D eigenvalue weighted by atomic mass is 32.2. The highest BCUT2D eigenvalue weighted by Crippen LogP contribution is 2.17. The van der Waals surface area contributed by atoms with E-state index in [1.165, 1.54) is 4.31 Å². The number of sulfonamides is 1. The first-order valence-corrected chi connectivity index (χ1v) is 7.37. The fourth-order valence-electron chi connectivity index (χ4n) is 1.90. The number of thiocarbonyl (C=S) groups is 1. The van der Waals surface area contributed by atoms with Gasteiger partial charge in [-0.15, -0.1) is 0 Å². The minimum absolute atomic E-state index is 0.252. The van der Waals surface area contributed by atoms with Gasteiger partial charge in [0, 0.05) is 18.7 Å². The molecule has 6 heteroatoms. The Labute approximate surface area is 106 Å². The Morgan fingerprint density at radius 3 is 2.82 bits per heavy atom. The standard InChI is InChI=1S/C11H14N2O2S2/c12-11(16)10-4-1-3-9(7-10)8-13-5-2-6-17(13,14)15/h1,3-4,7H,2,5-6,8H2,(H2,12,16). The van der Waals surface area contributed by atoms with E-state index in [9.17, 15) is 8.42 Å². The number of hydrogen-bond donors (Lipinski definition) is 1. The van der Waals surface area contributed by atoms with Crippen molar-refractivity contribution in [2.24, 2.45) is 5.73 Å². The van der Waals surface area contributed by atoms with Crippen LogP contribution in [-0.4, -0.2) is 30.0 Å². The van der Waals surface area contributed by atoms with Gasteiger partial charge in [-0.3, -0.25) is 0 Å². The first-order valence-electron chi connectivity index (χ1n) is 5.35. The van der Waals surface area contributed by atoms with Crippen LogP contribution in [0.2, 0.25) is 0 Å². The second kappa shape index (κ2) is 4.72. The van der Waals surface area contributed by atoms with Gasteiger partial charge in [0.25, 0.3) is 0 Å². The molecule has 0 radical (unpaired) electrons. The maximum atomic E-state index is 11.7. The third-order valence-corrected chi connectivity index (χ3v) is 4.91. The Bertz CT molecular complexity index is 540. The molecular weight excluding hydrogens is 256 g/mol. The summed E-state index contributed by atoms with van der Waals surface area (Å²) in [6.07, 6.45) is 0.706. The zero-order valence-corrected chi connectivity index (χ0v) is 10.9. The highest BCUT2D eigenvalue weighted by molar-refractivity contribution is 7.89. The van der Waals surface area contributed by atoms with E-state index in [1.807, 2.05) is 24.3 Å². The van der Waals surface area contributed by atoms with Crippen LogP contribution in [0.5, 0.6) is 0 Å². The van der Waals surface area contributed by atoms with Gasteiger partial charge < -0.3 is 5.73 Å². The minimum Gasteiger partial charge on any atom is -0.389 e. The molecule has 1 aliphatic heterocycles. The molecule has 0 unspecified atom stereocenters. The van der Waals surface area contributed by atoms with Crippen LogP contribution in [0.3, 0.4) is 0 Å². The van der Waals surface area contributed by atoms with Crippen molar-refractivity contribution in [2.75, 3.05) is 12.3 Å². The first-order chi connectivity index (χ1) is 7.99. The predicted molar refractivity (Wildman–Crippen MR) is 71.1 cm³/mol. The minimum atomic E-state index is -3.05. The lowest BCUT2D eigenvalue weighted by Gasteiger charge is -2.14. The SMILES string of the molecule is NC(=S)c1cccc(CN2CCCS2(=O)=O)c1. The van der Waals surface area contributed by atoms with Crippen LogP contribution in [0.1, 0.15) is 17.5 Å². The largest absolute Gasteiger partial charge is 0.389 e. The normalized spacial score (nSPS) is 19.3. The molecule has 2 N–H and O–H groups in total. The molecule has 1 aliphatic rings. The number of hydrogen-bond acceptors (Lipinski definition) is 3. The Morgan fingerprint density at radius 2 is 2.24 bits per heavy atom. The van der Waals surface area contributed by atoms with Gasteiger partial charge in [-0.1, -0.05) is 30.4 Å².